The molecule has 2 aromatic carbocycles. The summed E-state index contributed by atoms with van der Waals surface area (Å²) in [6.07, 6.45) is 0. The molecule has 0 aliphatic carbocycles. The van der Waals surface area contributed by atoms with Crippen LogP contribution in [0.1, 0.15) is 18.1 Å². The number of carbonyl (C=O) groups is 1. The Kier molecular flexibility index (Phi) is 6.58. The number of rotatable bonds is 6. The van der Waals surface area contributed by atoms with Crippen LogP contribution in [0.25, 0.3) is 5.69 Å². The van der Waals surface area contributed by atoms with Crippen LogP contribution in [-0.4, -0.2) is 52.2 Å². The number of hydrogen-bond acceptors (Lipinski definition) is 6. The third-order valence-electron chi connectivity index (χ3n) is 5.23. The second kappa shape index (κ2) is 9.53. The Morgan fingerprint density at radius 3 is 2.58 bits per heavy atom. The highest BCUT2D eigenvalue weighted by atomic mass is 32.2. The van der Waals surface area contributed by atoms with Crippen LogP contribution in [0.4, 0.5) is 11.6 Å². The molecule has 1 aromatic heterocycles. The first kappa shape index (κ1) is 21.4. The Hall–Kier alpha value is -2.84. The molecule has 0 spiro atoms. The van der Waals surface area contributed by atoms with E-state index in [9.17, 15) is 4.79 Å². The minimum atomic E-state index is -0.343. The Morgan fingerprint density at radius 2 is 1.84 bits per heavy atom. The van der Waals surface area contributed by atoms with Gasteiger partial charge in [0.15, 0.2) is 5.16 Å². The van der Waals surface area contributed by atoms with Gasteiger partial charge in [-0.05, 0) is 50.1 Å². The average molecular weight is 438 g/mol. The number of thioether (sulfide) groups is 1. The van der Waals surface area contributed by atoms with Crippen molar-refractivity contribution >= 4 is 29.3 Å². The maximum atomic E-state index is 12.9. The predicted octanol–water partition coefficient (Wildman–Crippen LogP) is 3.84. The van der Waals surface area contributed by atoms with E-state index in [0.29, 0.717) is 18.4 Å². The second-order valence-corrected chi connectivity index (χ2v) is 8.93. The van der Waals surface area contributed by atoms with Crippen molar-refractivity contribution in [2.45, 2.75) is 31.2 Å². The molecule has 3 aromatic rings. The molecule has 0 radical (unpaired) electrons. The molecule has 0 bridgehead atoms. The van der Waals surface area contributed by atoms with Crippen LogP contribution in [0.15, 0.2) is 53.7 Å². The van der Waals surface area contributed by atoms with E-state index >= 15 is 0 Å². The standard InChI is InChI=1S/C23H27N5O2S/c1-16-9-10-17(2)20(15-16)24-21(29)18(3)31-23-26-25-22(27-11-13-30-14-12-27)28(23)19-7-5-4-6-8-19/h4-10,15,18H,11-14H2,1-3H3,(H,24,29). The van der Waals surface area contributed by atoms with E-state index in [0.717, 1.165) is 41.5 Å². The monoisotopic (exact) mass is 437 g/mol. The van der Waals surface area contributed by atoms with Crippen molar-refractivity contribution in [3.05, 3.63) is 59.7 Å². The van der Waals surface area contributed by atoms with E-state index in [-0.39, 0.29) is 11.2 Å². The average Bonchev–Trinajstić information content (AvgIpc) is 3.21. The van der Waals surface area contributed by atoms with Gasteiger partial charge in [0, 0.05) is 18.8 Å². The van der Waals surface area contributed by atoms with Gasteiger partial charge < -0.3 is 15.0 Å². The molecule has 8 heteroatoms. The molecule has 0 saturated carbocycles. The van der Waals surface area contributed by atoms with Crippen molar-refractivity contribution in [2.75, 3.05) is 36.5 Å². The highest BCUT2D eigenvalue weighted by molar-refractivity contribution is 8.00. The van der Waals surface area contributed by atoms with Crippen molar-refractivity contribution in [1.29, 1.82) is 0 Å². The smallest absolute Gasteiger partial charge is 0.237 e. The lowest BCUT2D eigenvalue weighted by Gasteiger charge is -2.28. The zero-order chi connectivity index (χ0) is 21.8. The first-order valence-corrected chi connectivity index (χ1v) is 11.3. The Morgan fingerprint density at radius 1 is 1.10 bits per heavy atom. The van der Waals surface area contributed by atoms with E-state index in [1.54, 1.807) is 0 Å². The zero-order valence-corrected chi connectivity index (χ0v) is 18.9. The fourth-order valence-electron chi connectivity index (χ4n) is 3.43. The lowest BCUT2D eigenvalue weighted by atomic mass is 10.1. The number of morpholine rings is 1. The van der Waals surface area contributed by atoms with Crippen molar-refractivity contribution in [2.24, 2.45) is 0 Å². The number of anilines is 2. The van der Waals surface area contributed by atoms with E-state index < -0.39 is 0 Å². The molecule has 1 amide bonds. The van der Waals surface area contributed by atoms with Gasteiger partial charge in [0.2, 0.25) is 11.9 Å². The first-order chi connectivity index (χ1) is 15.0. The maximum absolute atomic E-state index is 12.9. The van der Waals surface area contributed by atoms with Crippen molar-refractivity contribution in [3.8, 4) is 5.69 Å². The molecule has 7 nitrogen and oxygen atoms in total. The fourth-order valence-corrected chi connectivity index (χ4v) is 4.29. The highest BCUT2D eigenvalue weighted by Gasteiger charge is 2.25. The molecule has 1 aliphatic rings. The van der Waals surface area contributed by atoms with Gasteiger partial charge >= 0.3 is 0 Å². The predicted molar refractivity (Wildman–Crippen MR) is 124 cm³/mol. The number of para-hydroxylation sites is 1. The van der Waals surface area contributed by atoms with Gasteiger partial charge in [-0.3, -0.25) is 9.36 Å². The van der Waals surface area contributed by atoms with Crippen molar-refractivity contribution in [1.82, 2.24) is 14.8 Å². The summed E-state index contributed by atoms with van der Waals surface area (Å²) in [6, 6.07) is 16.1. The summed E-state index contributed by atoms with van der Waals surface area (Å²) in [5.74, 6) is 0.716. The topological polar surface area (TPSA) is 72.3 Å². The number of carbonyl (C=O) groups excluding carboxylic acids is 1. The molecule has 162 valence electrons. The molecule has 1 atom stereocenters. The van der Waals surface area contributed by atoms with Crippen LogP contribution >= 0.6 is 11.8 Å². The molecular formula is C23H27N5O2S. The number of ether oxygens (including phenoxy) is 1. The van der Waals surface area contributed by atoms with E-state index in [1.807, 2.05) is 73.9 Å². The van der Waals surface area contributed by atoms with E-state index in [1.165, 1.54) is 11.8 Å². The van der Waals surface area contributed by atoms with Crippen LogP contribution < -0.4 is 10.2 Å². The van der Waals surface area contributed by atoms with Gasteiger partial charge in [-0.2, -0.15) is 0 Å². The summed E-state index contributed by atoms with van der Waals surface area (Å²) < 4.78 is 7.51. The van der Waals surface area contributed by atoms with Crippen LogP contribution in [0.3, 0.4) is 0 Å². The fraction of sp³-hybridized carbons (Fsp3) is 0.348. The van der Waals surface area contributed by atoms with Gasteiger partial charge in [-0.25, -0.2) is 0 Å². The first-order valence-electron chi connectivity index (χ1n) is 10.4. The quantitative estimate of drug-likeness (QED) is 0.591. The molecule has 1 saturated heterocycles. The number of amides is 1. The van der Waals surface area contributed by atoms with Crippen molar-refractivity contribution < 1.29 is 9.53 Å². The van der Waals surface area contributed by atoms with Gasteiger partial charge in [0.05, 0.1) is 24.2 Å². The Labute approximate surface area is 186 Å². The summed E-state index contributed by atoms with van der Waals surface area (Å²) in [6.45, 7) is 8.76. The minimum absolute atomic E-state index is 0.0609. The van der Waals surface area contributed by atoms with Crippen LogP contribution in [0, 0.1) is 13.8 Å². The normalized spacial score (nSPS) is 15.0. The number of hydrogen-bond donors (Lipinski definition) is 1. The number of aryl methyl sites for hydroxylation is 2. The number of benzene rings is 2. The Bertz CT molecular complexity index is 1050. The third kappa shape index (κ3) is 4.91. The molecule has 1 fully saturated rings. The lowest BCUT2D eigenvalue weighted by Crippen LogP contribution is -2.37. The molecule has 4 rings (SSSR count). The Balaban J connectivity index is 1.58. The molecular weight excluding hydrogens is 410 g/mol. The van der Waals surface area contributed by atoms with E-state index in [4.69, 9.17) is 4.74 Å². The van der Waals surface area contributed by atoms with Gasteiger partial charge in [0.1, 0.15) is 0 Å². The molecule has 1 unspecified atom stereocenters. The van der Waals surface area contributed by atoms with Gasteiger partial charge in [-0.15, -0.1) is 10.2 Å². The lowest BCUT2D eigenvalue weighted by molar-refractivity contribution is -0.115. The SMILES string of the molecule is Cc1ccc(C)c(NC(=O)C(C)Sc2nnc(N3CCOCC3)n2-c2ccccc2)c1. The van der Waals surface area contributed by atoms with E-state index in [2.05, 4.69) is 20.4 Å². The highest BCUT2D eigenvalue weighted by Crippen LogP contribution is 2.30. The van der Waals surface area contributed by atoms with Crippen LogP contribution in [-0.2, 0) is 9.53 Å². The summed E-state index contributed by atoms with van der Waals surface area (Å²) in [4.78, 5) is 15.1. The molecule has 2 heterocycles. The van der Waals surface area contributed by atoms with Crippen LogP contribution in [0.5, 0.6) is 0 Å². The van der Waals surface area contributed by atoms with Gasteiger partial charge in [0.25, 0.3) is 0 Å². The zero-order valence-electron chi connectivity index (χ0n) is 18.0. The summed E-state index contributed by atoms with van der Waals surface area (Å²) in [5, 5.41) is 12.3. The second-order valence-electron chi connectivity index (χ2n) is 7.62. The molecule has 1 aliphatic heterocycles. The number of aromatic nitrogens is 3. The summed E-state index contributed by atoms with van der Waals surface area (Å²) in [5.41, 5.74) is 3.97. The third-order valence-corrected chi connectivity index (χ3v) is 6.27. The molecule has 1 N–H and O–H groups in total. The maximum Gasteiger partial charge on any atom is 0.237 e. The summed E-state index contributed by atoms with van der Waals surface area (Å²) in [7, 11) is 0. The van der Waals surface area contributed by atoms with Crippen molar-refractivity contribution in [3.63, 3.8) is 0 Å². The van der Waals surface area contributed by atoms with Crippen LogP contribution in [0.2, 0.25) is 0 Å². The molecule has 31 heavy (non-hydrogen) atoms. The number of nitrogens with zero attached hydrogens (tertiary/aromatic N) is 4. The van der Waals surface area contributed by atoms with Gasteiger partial charge in [-0.1, -0.05) is 42.1 Å². The number of nitrogens with one attached hydrogen (secondary N) is 1. The largest absolute Gasteiger partial charge is 0.378 e. The minimum Gasteiger partial charge on any atom is -0.378 e. The summed E-state index contributed by atoms with van der Waals surface area (Å²) >= 11 is 1.41.